The first-order chi connectivity index (χ1) is 14.5. The Kier molecular flexibility index (Phi) is 5.02. The van der Waals surface area contributed by atoms with Crippen molar-refractivity contribution in [3.8, 4) is 11.5 Å². The van der Waals surface area contributed by atoms with Crippen LogP contribution in [0.25, 0.3) is 0 Å². The molecule has 3 aliphatic rings. The highest BCUT2D eigenvalue weighted by molar-refractivity contribution is 7.89. The number of nitrogens with zero attached hydrogens (tertiary/aromatic N) is 3. The lowest BCUT2D eigenvalue weighted by Gasteiger charge is -2.31. The minimum Gasteiger partial charge on any atom is -0.486 e. The predicted octanol–water partition coefficient (Wildman–Crippen LogP) is 1.60. The van der Waals surface area contributed by atoms with Crippen molar-refractivity contribution in [2.24, 2.45) is 5.92 Å². The Morgan fingerprint density at radius 1 is 1.03 bits per heavy atom. The number of rotatable bonds is 4. The topological polar surface area (TPSA) is 90.7 Å². The van der Waals surface area contributed by atoms with Gasteiger partial charge in [0.15, 0.2) is 11.5 Å². The summed E-state index contributed by atoms with van der Waals surface area (Å²) >= 11 is 0. The van der Waals surface area contributed by atoms with Gasteiger partial charge in [-0.15, -0.1) is 0 Å². The molecule has 1 aromatic heterocycles. The van der Waals surface area contributed by atoms with Gasteiger partial charge in [0.1, 0.15) is 13.2 Å². The van der Waals surface area contributed by atoms with Crippen LogP contribution in [0.2, 0.25) is 0 Å². The highest BCUT2D eigenvalue weighted by Crippen LogP contribution is 2.34. The van der Waals surface area contributed by atoms with Gasteiger partial charge in [0.05, 0.1) is 10.6 Å². The van der Waals surface area contributed by atoms with Gasteiger partial charge < -0.3 is 9.47 Å². The highest BCUT2D eigenvalue weighted by Gasteiger charge is 2.31. The lowest BCUT2D eigenvalue weighted by Crippen LogP contribution is -2.40. The molecule has 2 aromatic rings. The van der Waals surface area contributed by atoms with E-state index >= 15 is 0 Å². The summed E-state index contributed by atoms with van der Waals surface area (Å²) in [7, 11) is -3.59. The molecule has 3 heterocycles. The number of aryl methyl sites for hydroxylation is 2. The molecule has 0 bridgehead atoms. The molecule has 0 radical (unpaired) electrons. The van der Waals surface area contributed by atoms with E-state index in [1.54, 1.807) is 28.9 Å². The first-order valence-electron chi connectivity index (χ1n) is 10.5. The number of aromatic nitrogens is 2. The van der Waals surface area contributed by atoms with Gasteiger partial charge in [-0.3, -0.25) is 4.79 Å². The zero-order valence-electron chi connectivity index (χ0n) is 16.7. The first-order valence-corrected chi connectivity index (χ1v) is 11.9. The van der Waals surface area contributed by atoms with Crippen LogP contribution in [0.4, 0.5) is 0 Å². The summed E-state index contributed by atoms with van der Waals surface area (Å²) in [6.07, 6.45) is 4.34. The molecular formula is C21H25N3O5S. The number of fused-ring (bicyclic) bond motifs is 2. The van der Waals surface area contributed by atoms with Crippen LogP contribution in [0.15, 0.2) is 34.0 Å². The Labute approximate surface area is 175 Å². The van der Waals surface area contributed by atoms with Crippen LogP contribution in [0.3, 0.4) is 0 Å². The fraction of sp³-hybridized carbons (Fsp3) is 0.524. The van der Waals surface area contributed by atoms with Crippen molar-refractivity contribution in [3.05, 3.63) is 45.9 Å². The maximum absolute atomic E-state index is 13.1. The van der Waals surface area contributed by atoms with Gasteiger partial charge in [0.25, 0.3) is 5.56 Å². The zero-order valence-corrected chi connectivity index (χ0v) is 17.6. The summed E-state index contributed by atoms with van der Waals surface area (Å²) in [6.45, 7) is 2.29. The quantitative estimate of drug-likeness (QED) is 0.731. The number of benzene rings is 1. The standard InChI is InChI=1S/C21H25N3O5S/c25-21-12-16-2-1-3-18(16)22-24(21)14-15-6-8-23(9-7-15)30(26,27)17-4-5-19-20(13-17)29-11-10-28-19/h4-5,12-13,15H,1-3,6-11,14H2. The largest absolute Gasteiger partial charge is 0.486 e. The van der Waals surface area contributed by atoms with Crippen molar-refractivity contribution in [1.82, 2.24) is 14.1 Å². The molecule has 0 amide bonds. The van der Waals surface area contributed by atoms with Crippen molar-refractivity contribution < 1.29 is 17.9 Å². The zero-order chi connectivity index (χ0) is 20.7. The van der Waals surface area contributed by atoms with Gasteiger partial charge in [0, 0.05) is 31.8 Å². The summed E-state index contributed by atoms with van der Waals surface area (Å²) in [4.78, 5) is 12.6. The number of ether oxygens (including phenoxy) is 2. The van der Waals surface area contributed by atoms with Gasteiger partial charge in [-0.2, -0.15) is 9.40 Å². The molecule has 1 aliphatic carbocycles. The highest BCUT2D eigenvalue weighted by atomic mass is 32.2. The molecular weight excluding hydrogens is 406 g/mol. The van der Waals surface area contributed by atoms with Crippen molar-refractivity contribution in [2.45, 2.75) is 43.5 Å². The first kappa shape index (κ1) is 19.6. The molecule has 5 rings (SSSR count). The molecule has 1 fully saturated rings. The van der Waals surface area contributed by atoms with Crippen LogP contribution in [-0.2, 0) is 29.4 Å². The molecule has 0 N–H and O–H groups in total. The van der Waals surface area contributed by atoms with Crippen molar-refractivity contribution in [2.75, 3.05) is 26.3 Å². The van der Waals surface area contributed by atoms with Crippen LogP contribution in [0, 0.1) is 5.92 Å². The fourth-order valence-corrected chi connectivity index (χ4v) is 5.97. The molecule has 0 atom stereocenters. The number of hydrogen-bond acceptors (Lipinski definition) is 6. The fourth-order valence-electron chi connectivity index (χ4n) is 4.48. The van der Waals surface area contributed by atoms with E-state index in [9.17, 15) is 13.2 Å². The van der Waals surface area contributed by atoms with Gasteiger partial charge >= 0.3 is 0 Å². The van der Waals surface area contributed by atoms with Gasteiger partial charge in [0.2, 0.25) is 10.0 Å². The van der Waals surface area contributed by atoms with Crippen LogP contribution < -0.4 is 15.0 Å². The van der Waals surface area contributed by atoms with E-state index in [-0.39, 0.29) is 16.4 Å². The predicted molar refractivity (Wildman–Crippen MR) is 109 cm³/mol. The van der Waals surface area contributed by atoms with Crippen molar-refractivity contribution in [3.63, 3.8) is 0 Å². The number of piperidine rings is 1. The third-order valence-corrected chi connectivity index (χ3v) is 8.07. The SMILES string of the molecule is O=c1cc2c(nn1CC1CCN(S(=O)(=O)c3ccc4c(c3)OCCO4)CC1)CCC2. The second kappa shape index (κ2) is 7.70. The maximum Gasteiger partial charge on any atom is 0.267 e. The monoisotopic (exact) mass is 431 g/mol. The van der Waals surface area contributed by atoms with Crippen LogP contribution in [-0.4, -0.2) is 48.8 Å². The van der Waals surface area contributed by atoms with E-state index < -0.39 is 10.0 Å². The second-order valence-electron chi connectivity index (χ2n) is 8.14. The maximum atomic E-state index is 13.1. The van der Waals surface area contributed by atoms with Crippen LogP contribution in [0.5, 0.6) is 11.5 Å². The summed E-state index contributed by atoms with van der Waals surface area (Å²) in [5.41, 5.74) is 2.06. The van der Waals surface area contributed by atoms with Crippen LogP contribution in [0.1, 0.15) is 30.5 Å². The lowest BCUT2D eigenvalue weighted by atomic mass is 9.98. The Balaban J connectivity index is 1.26. The van der Waals surface area contributed by atoms with E-state index in [2.05, 4.69) is 5.10 Å². The molecule has 30 heavy (non-hydrogen) atoms. The third-order valence-electron chi connectivity index (χ3n) is 6.18. The third kappa shape index (κ3) is 3.60. The molecule has 0 saturated carbocycles. The minimum atomic E-state index is -3.59. The normalized spacial score (nSPS) is 19.6. The Hall–Kier alpha value is -2.39. The molecule has 160 valence electrons. The average molecular weight is 432 g/mol. The summed E-state index contributed by atoms with van der Waals surface area (Å²) in [6, 6.07) is 6.49. The molecule has 1 saturated heterocycles. The lowest BCUT2D eigenvalue weighted by molar-refractivity contribution is 0.171. The average Bonchev–Trinajstić information content (AvgIpc) is 3.21. The van der Waals surface area contributed by atoms with E-state index in [0.717, 1.165) is 30.5 Å². The smallest absolute Gasteiger partial charge is 0.267 e. The molecule has 1 aromatic carbocycles. The molecule has 8 nitrogen and oxygen atoms in total. The van der Waals surface area contributed by atoms with E-state index in [4.69, 9.17) is 9.47 Å². The molecule has 0 spiro atoms. The summed E-state index contributed by atoms with van der Waals surface area (Å²) in [5.74, 6) is 1.28. The van der Waals surface area contributed by atoms with E-state index in [1.807, 2.05) is 0 Å². The van der Waals surface area contributed by atoms with E-state index in [1.165, 1.54) is 4.31 Å². The number of sulfonamides is 1. The summed E-state index contributed by atoms with van der Waals surface area (Å²) in [5, 5.41) is 4.55. The minimum absolute atomic E-state index is 0.0537. The Bertz CT molecular complexity index is 1120. The van der Waals surface area contributed by atoms with Gasteiger partial charge in [-0.05, 0) is 55.7 Å². The Morgan fingerprint density at radius 2 is 1.80 bits per heavy atom. The molecule has 0 unspecified atom stereocenters. The van der Waals surface area contributed by atoms with Gasteiger partial charge in [-0.25, -0.2) is 13.1 Å². The van der Waals surface area contributed by atoms with Crippen molar-refractivity contribution >= 4 is 10.0 Å². The van der Waals surface area contributed by atoms with Gasteiger partial charge in [-0.1, -0.05) is 0 Å². The molecule has 2 aliphatic heterocycles. The van der Waals surface area contributed by atoms with Crippen LogP contribution >= 0.6 is 0 Å². The summed E-state index contributed by atoms with van der Waals surface area (Å²) < 4.78 is 40.3. The van der Waals surface area contributed by atoms with Crippen molar-refractivity contribution in [1.29, 1.82) is 0 Å². The number of hydrogen-bond donors (Lipinski definition) is 0. The Morgan fingerprint density at radius 3 is 2.60 bits per heavy atom. The second-order valence-corrected chi connectivity index (χ2v) is 10.1. The molecule has 9 heteroatoms. The van der Waals surface area contributed by atoms with E-state index in [0.29, 0.717) is 57.2 Å².